The lowest BCUT2D eigenvalue weighted by molar-refractivity contribution is -0.385. The highest BCUT2D eigenvalue weighted by molar-refractivity contribution is 5.93. The van der Waals surface area contributed by atoms with Gasteiger partial charge in [0.2, 0.25) is 5.91 Å². The van der Waals surface area contributed by atoms with Gasteiger partial charge in [0.05, 0.1) is 18.6 Å². The molecule has 1 aliphatic carbocycles. The van der Waals surface area contributed by atoms with Crippen molar-refractivity contribution in [2.45, 2.75) is 32.2 Å². The molecule has 2 aromatic carbocycles. The van der Waals surface area contributed by atoms with Crippen molar-refractivity contribution < 1.29 is 14.5 Å². The third kappa shape index (κ3) is 4.14. The average Bonchev–Trinajstić information content (AvgIpc) is 2.68. The number of hydrogen-bond acceptors (Lipinski definition) is 5. The van der Waals surface area contributed by atoms with Crippen LogP contribution < -0.4 is 10.1 Å². The van der Waals surface area contributed by atoms with Crippen molar-refractivity contribution in [3.05, 3.63) is 63.2 Å². The van der Waals surface area contributed by atoms with Gasteiger partial charge in [-0.2, -0.15) is 0 Å². The number of methoxy groups -OCH3 is 1. The molecule has 0 unspecified atom stereocenters. The zero-order chi connectivity index (χ0) is 20.3. The van der Waals surface area contributed by atoms with E-state index in [4.69, 9.17) is 4.74 Å². The van der Waals surface area contributed by atoms with Crippen molar-refractivity contribution in [3.8, 4) is 5.75 Å². The number of amides is 1. The molecule has 0 bridgehead atoms. The Hall–Kier alpha value is -2.93. The molecule has 1 aliphatic rings. The van der Waals surface area contributed by atoms with Crippen LogP contribution in [0.25, 0.3) is 0 Å². The summed E-state index contributed by atoms with van der Waals surface area (Å²) in [5.74, 6) is -0.0370. The number of rotatable bonds is 6. The number of hydrogen-bond donors (Lipinski definition) is 1. The summed E-state index contributed by atoms with van der Waals surface area (Å²) in [7, 11) is 3.33. The van der Waals surface area contributed by atoms with Gasteiger partial charge in [-0.1, -0.05) is 24.3 Å². The van der Waals surface area contributed by atoms with Gasteiger partial charge < -0.3 is 10.1 Å². The molecule has 3 rings (SSSR count). The first-order chi connectivity index (χ1) is 13.4. The van der Waals surface area contributed by atoms with E-state index in [-0.39, 0.29) is 29.9 Å². The minimum atomic E-state index is -0.494. The second kappa shape index (κ2) is 8.39. The van der Waals surface area contributed by atoms with Gasteiger partial charge in [0.15, 0.2) is 5.75 Å². The molecular weight excluding hydrogens is 358 g/mol. The summed E-state index contributed by atoms with van der Waals surface area (Å²) < 4.78 is 5.10. The summed E-state index contributed by atoms with van der Waals surface area (Å²) in [6.07, 6.45) is 3.20. The van der Waals surface area contributed by atoms with Gasteiger partial charge in [-0.3, -0.25) is 19.8 Å². The van der Waals surface area contributed by atoms with Crippen molar-refractivity contribution in [3.63, 3.8) is 0 Å². The van der Waals surface area contributed by atoms with Gasteiger partial charge in [0, 0.05) is 23.9 Å². The third-order valence-corrected chi connectivity index (χ3v) is 5.26. The summed E-state index contributed by atoms with van der Waals surface area (Å²) in [6, 6.07) is 11.5. The number of aryl methyl sites for hydroxylation is 2. The molecule has 0 saturated carbocycles. The Bertz CT molecular complexity index is 897. The zero-order valence-corrected chi connectivity index (χ0v) is 16.4. The molecule has 148 valence electrons. The number of nitrogens with zero attached hydrogens (tertiary/aromatic N) is 2. The molecule has 28 heavy (non-hydrogen) atoms. The number of fused-ring (bicyclic) bond motifs is 1. The quantitative estimate of drug-likeness (QED) is 0.605. The minimum Gasteiger partial charge on any atom is -0.490 e. The van der Waals surface area contributed by atoms with Crippen LogP contribution in [-0.2, 0) is 11.2 Å². The number of nitro groups is 1. The van der Waals surface area contributed by atoms with E-state index in [2.05, 4.69) is 28.4 Å². The van der Waals surface area contributed by atoms with E-state index in [1.807, 2.05) is 13.1 Å². The Morgan fingerprint density at radius 3 is 2.82 bits per heavy atom. The summed E-state index contributed by atoms with van der Waals surface area (Å²) in [4.78, 5) is 25.3. The van der Waals surface area contributed by atoms with E-state index >= 15 is 0 Å². The Labute approximate surface area is 164 Å². The standard InChI is InChI=1S/C21H25N3O4/c1-14-11-19(24(26)27)20(28-3)12-17(14)22-21(25)13-23(2)18-10-6-8-15-7-4-5-9-16(15)18/h4-5,7,9,11-12,18H,6,8,10,13H2,1-3H3,(H,22,25)/t18-/m0/s1. The van der Waals surface area contributed by atoms with Gasteiger partial charge in [-0.15, -0.1) is 0 Å². The highest BCUT2D eigenvalue weighted by Gasteiger charge is 2.25. The largest absolute Gasteiger partial charge is 0.490 e. The number of nitro benzene ring substituents is 1. The molecular formula is C21H25N3O4. The van der Waals surface area contributed by atoms with Gasteiger partial charge in [0.1, 0.15) is 0 Å². The predicted octanol–water partition coefficient (Wildman–Crippen LogP) is 3.86. The molecule has 0 saturated heterocycles. The summed E-state index contributed by atoms with van der Waals surface area (Å²) in [5, 5.41) is 14.0. The first kappa shape index (κ1) is 19.8. The van der Waals surface area contributed by atoms with Crippen molar-refractivity contribution in [2.75, 3.05) is 26.0 Å². The Kier molecular flexibility index (Phi) is 5.94. The van der Waals surface area contributed by atoms with Gasteiger partial charge in [-0.05, 0) is 49.9 Å². The number of benzene rings is 2. The molecule has 0 radical (unpaired) electrons. The van der Waals surface area contributed by atoms with Crippen LogP contribution in [0.5, 0.6) is 5.75 Å². The van der Waals surface area contributed by atoms with E-state index < -0.39 is 4.92 Å². The van der Waals surface area contributed by atoms with Crippen LogP contribution in [0.4, 0.5) is 11.4 Å². The Morgan fingerprint density at radius 1 is 1.36 bits per heavy atom. The van der Waals surface area contributed by atoms with Crippen LogP contribution in [0, 0.1) is 17.0 Å². The SMILES string of the molecule is COc1cc(NC(=O)CN(C)[C@H]2CCCc3ccccc32)c(C)cc1[N+](=O)[O-]. The van der Waals surface area contributed by atoms with Crippen LogP contribution in [-0.4, -0.2) is 36.4 Å². The van der Waals surface area contributed by atoms with Crippen LogP contribution >= 0.6 is 0 Å². The van der Waals surface area contributed by atoms with Crippen molar-refractivity contribution in [1.82, 2.24) is 4.90 Å². The van der Waals surface area contributed by atoms with E-state index in [9.17, 15) is 14.9 Å². The lowest BCUT2D eigenvalue weighted by atomic mass is 9.87. The molecule has 2 aromatic rings. The van der Waals surface area contributed by atoms with E-state index in [0.717, 1.165) is 19.3 Å². The molecule has 0 aliphatic heterocycles. The fraction of sp³-hybridized carbons (Fsp3) is 0.381. The maximum atomic E-state index is 12.6. The van der Waals surface area contributed by atoms with Gasteiger partial charge in [-0.25, -0.2) is 0 Å². The molecule has 1 amide bonds. The number of ether oxygens (including phenoxy) is 1. The average molecular weight is 383 g/mol. The molecule has 0 spiro atoms. The normalized spacial score (nSPS) is 15.8. The van der Waals surface area contributed by atoms with Crippen LogP contribution in [0.2, 0.25) is 0 Å². The highest BCUT2D eigenvalue weighted by atomic mass is 16.6. The first-order valence-corrected chi connectivity index (χ1v) is 9.31. The molecule has 0 aromatic heterocycles. The number of anilines is 1. The Balaban J connectivity index is 1.72. The molecule has 1 N–H and O–H groups in total. The molecule has 1 atom stereocenters. The third-order valence-electron chi connectivity index (χ3n) is 5.26. The van der Waals surface area contributed by atoms with Crippen molar-refractivity contribution in [1.29, 1.82) is 0 Å². The second-order valence-corrected chi connectivity index (χ2v) is 7.17. The fourth-order valence-electron chi connectivity index (χ4n) is 3.83. The monoisotopic (exact) mass is 383 g/mol. The topological polar surface area (TPSA) is 84.7 Å². The molecule has 0 heterocycles. The highest BCUT2D eigenvalue weighted by Crippen LogP contribution is 2.34. The smallest absolute Gasteiger partial charge is 0.311 e. The predicted molar refractivity (Wildman–Crippen MR) is 108 cm³/mol. The first-order valence-electron chi connectivity index (χ1n) is 9.31. The summed E-state index contributed by atoms with van der Waals surface area (Å²) >= 11 is 0. The number of likely N-dealkylation sites (N-methyl/N-ethyl adjacent to an activating group) is 1. The maximum absolute atomic E-state index is 12.6. The number of carbonyl (C=O) groups excluding carboxylic acids is 1. The second-order valence-electron chi connectivity index (χ2n) is 7.17. The number of nitrogens with one attached hydrogen (secondary N) is 1. The maximum Gasteiger partial charge on any atom is 0.311 e. The number of carbonyl (C=O) groups is 1. The lowest BCUT2D eigenvalue weighted by Gasteiger charge is -2.32. The van der Waals surface area contributed by atoms with E-state index in [0.29, 0.717) is 11.3 Å². The van der Waals surface area contributed by atoms with Gasteiger partial charge >= 0.3 is 5.69 Å². The summed E-state index contributed by atoms with van der Waals surface area (Å²) in [5.41, 5.74) is 3.66. The lowest BCUT2D eigenvalue weighted by Crippen LogP contribution is -2.35. The molecule has 7 nitrogen and oxygen atoms in total. The van der Waals surface area contributed by atoms with E-state index in [1.54, 1.807) is 6.92 Å². The summed E-state index contributed by atoms with van der Waals surface area (Å²) in [6.45, 7) is 1.96. The Morgan fingerprint density at radius 2 is 2.11 bits per heavy atom. The fourth-order valence-corrected chi connectivity index (χ4v) is 3.83. The van der Waals surface area contributed by atoms with E-state index in [1.165, 1.54) is 30.4 Å². The zero-order valence-electron chi connectivity index (χ0n) is 16.4. The minimum absolute atomic E-state index is 0.117. The van der Waals surface area contributed by atoms with Crippen LogP contribution in [0.15, 0.2) is 36.4 Å². The molecule has 7 heteroatoms. The van der Waals surface area contributed by atoms with Gasteiger partial charge in [0.25, 0.3) is 0 Å². The molecule has 0 fully saturated rings. The van der Waals surface area contributed by atoms with Crippen molar-refractivity contribution in [2.24, 2.45) is 0 Å². The van der Waals surface area contributed by atoms with Crippen molar-refractivity contribution >= 4 is 17.3 Å². The van der Waals surface area contributed by atoms with Crippen LogP contribution in [0.3, 0.4) is 0 Å². The van der Waals surface area contributed by atoms with Crippen LogP contribution in [0.1, 0.15) is 35.6 Å².